The number of para-hydroxylation sites is 1. The molecule has 5 heteroatoms. The zero-order chi connectivity index (χ0) is 17.6. The maximum absolute atomic E-state index is 12.0. The standard InChI is InChI=1S/C20H17N3O2/c1-15(24)17-6-5-7-18(12-17)22-20(25)11-10-16-13-21-23(14-16)19-8-3-2-4-9-19/h2-14H,1H3,(H,22,25)/b11-10+. The second kappa shape index (κ2) is 7.40. The molecule has 1 heterocycles. The highest BCUT2D eigenvalue weighted by Gasteiger charge is 2.03. The van der Waals surface area contributed by atoms with E-state index in [0.717, 1.165) is 11.3 Å². The Morgan fingerprint density at radius 2 is 1.88 bits per heavy atom. The molecule has 5 nitrogen and oxygen atoms in total. The predicted octanol–water partition coefficient (Wildman–Crippen LogP) is 3.73. The first-order valence-corrected chi connectivity index (χ1v) is 7.82. The van der Waals surface area contributed by atoms with Crippen LogP contribution in [0.1, 0.15) is 22.8 Å². The smallest absolute Gasteiger partial charge is 0.248 e. The number of hydrogen-bond acceptors (Lipinski definition) is 3. The number of rotatable bonds is 5. The quantitative estimate of drug-likeness (QED) is 0.572. The molecule has 124 valence electrons. The van der Waals surface area contributed by atoms with Gasteiger partial charge in [-0.15, -0.1) is 0 Å². The minimum absolute atomic E-state index is 0.0417. The summed E-state index contributed by atoms with van der Waals surface area (Å²) in [6.45, 7) is 1.49. The molecule has 0 spiro atoms. The number of anilines is 1. The highest BCUT2D eigenvalue weighted by molar-refractivity contribution is 6.03. The number of carbonyl (C=O) groups excluding carboxylic acids is 2. The second-order valence-corrected chi connectivity index (χ2v) is 5.51. The topological polar surface area (TPSA) is 64.0 Å². The minimum Gasteiger partial charge on any atom is -0.322 e. The van der Waals surface area contributed by atoms with Crippen LogP contribution in [0.4, 0.5) is 5.69 Å². The molecule has 0 fully saturated rings. The van der Waals surface area contributed by atoms with E-state index in [2.05, 4.69) is 10.4 Å². The Bertz CT molecular complexity index is 927. The average Bonchev–Trinajstić information content (AvgIpc) is 3.10. The molecule has 0 saturated carbocycles. The van der Waals surface area contributed by atoms with E-state index in [0.29, 0.717) is 11.3 Å². The van der Waals surface area contributed by atoms with Gasteiger partial charge in [0.2, 0.25) is 5.91 Å². The Hall–Kier alpha value is -3.47. The first kappa shape index (κ1) is 16.4. The molecule has 0 radical (unpaired) electrons. The molecule has 0 aliphatic heterocycles. The number of benzene rings is 2. The van der Waals surface area contributed by atoms with Gasteiger partial charge in [-0.1, -0.05) is 30.3 Å². The van der Waals surface area contributed by atoms with Gasteiger partial charge in [-0.2, -0.15) is 5.10 Å². The van der Waals surface area contributed by atoms with Crippen LogP contribution in [0.2, 0.25) is 0 Å². The Balaban J connectivity index is 1.66. The number of aromatic nitrogens is 2. The van der Waals surface area contributed by atoms with Crippen molar-refractivity contribution >= 4 is 23.5 Å². The molecular weight excluding hydrogens is 314 g/mol. The van der Waals surface area contributed by atoms with E-state index in [-0.39, 0.29) is 11.7 Å². The summed E-state index contributed by atoms with van der Waals surface area (Å²) in [6.07, 6.45) is 6.66. The maximum atomic E-state index is 12.0. The van der Waals surface area contributed by atoms with Crippen molar-refractivity contribution in [1.82, 2.24) is 9.78 Å². The van der Waals surface area contributed by atoms with Crippen LogP contribution in [0, 0.1) is 0 Å². The average molecular weight is 331 g/mol. The largest absolute Gasteiger partial charge is 0.322 e. The van der Waals surface area contributed by atoms with Crippen LogP contribution in [0.15, 0.2) is 73.1 Å². The molecule has 0 saturated heterocycles. The summed E-state index contributed by atoms with van der Waals surface area (Å²) in [5.74, 6) is -0.312. The van der Waals surface area contributed by atoms with Gasteiger partial charge in [-0.25, -0.2) is 4.68 Å². The van der Waals surface area contributed by atoms with Crippen LogP contribution in [-0.2, 0) is 4.79 Å². The van der Waals surface area contributed by atoms with Gasteiger partial charge in [0.1, 0.15) is 0 Å². The molecule has 1 aromatic heterocycles. The third-order valence-electron chi connectivity index (χ3n) is 3.59. The van der Waals surface area contributed by atoms with Crippen LogP contribution in [0.25, 0.3) is 11.8 Å². The van der Waals surface area contributed by atoms with Crippen molar-refractivity contribution in [3.8, 4) is 5.69 Å². The number of ketones is 1. The Kier molecular flexibility index (Phi) is 4.85. The van der Waals surface area contributed by atoms with Crippen LogP contribution >= 0.6 is 0 Å². The fraction of sp³-hybridized carbons (Fsp3) is 0.0500. The van der Waals surface area contributed by atoms with E-state index in [9.17, 15) is 9.59 Å². The number of hydrogen-bond donors (Lipinski definition) is 1. The number of carbonyl (C=O) groups is 2. The van der Waals surface area contributed by atoms with E-state index >= 15 is 0 Å². The highest BCUT2D eigenvalue weighted by Crippen LogP contribution is 2.12. The van der Waals surface area contributed by atoms with E-state index in [1.807, 2.05) is 36.5 Å². The van der Waals surface area contributed by atoms with Gasteiger partial charge >= 0.3 is 0 Å². The minimum atomic E-state index is -0.270. The predicted molar refractivity (Wildman–Crippen MR) is 97.7 cm³/mol. The normalized spacial score (nSPS) is 10.8. The molecule has 0 bridgehead atoms. The Morgan fingerprint density at radius 1 is 1.08 bits per heavy atom. The van der Waals surface area contributed by atoms with Gasteiger partial charge in [0.25, 0.3) is 0 Å². The van der Waals surface area contributed by atoms with Gasteiger partial charge in [-0.05, 0) is 37.3 Å². The monoisotopic (exact) mass is 331 g/mol. The number of amides is 1. The van der Waals surface area contributed by atoms with E-state index in [1.54, 1.807) is 41.2 Å². The number of Topliss-reactive ketones (excluding diaryl/α,β-unsaturated/α-hetero) is 1. The molecule has 0 aliphatic rings. The molecule has 25 heavy (non-hydrogen) atoms. The molecular formula is C20H17N3O2. The lowest BCUT2D eigenvalue weighted by atomic mass is 10.1. The summed E-state index contributed by atoms with van der Waals surface area (Å²) < 4.78 is 1.74. The van der Waals surface area contributed by atoms with E-state index in [4.69, 9.17) is 0 Å². The van der Waals surface area contributed by atoms with Crippen molar-refractivity contribution < 1.29 is 9.59 Å². The SMILES string of the molecule is CC(=O)c1cccc(NC(=O)/C=C/c2cnn(-c3ccccc3)c2)c1. The van der Waals surface area contributed by atoms with Crippen molar-refractivity contribution in [3.63, 3.8) is 0 Å². The molecule has 1 amide bonds. The summed E-state index contributed by atoms with van der Waals surface area (Å²) in [4.78, 5) is 23.4. The number of nitrogens with zero attached hydrogens (tertiary/aromatic N) is 2. The van der Waals surface area contributed by atoms with Crippen molar-refractivity contribution in [2.75, 3.05) is 5.32 Å². The molecule has 0 unspecified atom stereocenters. The fourth-order valence-corrected chi connectivity index (χ4v) is 2.32. The number of nitrogens with one attached hydrogen (secondary N) is 1. The van der Waals surface area contributed by atoms with Gasteiger partial charge in [0.05, 0.1) is 11.9 Å². The van der Waals surface area contributed by atoms with Crippen molar-refractivity contribution in [2.45, 2.75) is 6.92 Å². The van der Waals surface area contributed by atoms with Crippen LogP contribution < -0.4 is 5.32 Å². The van der Waals surface area contributed by atoms with Crippen molar-refractivity contribution in [1.29, 1.82) is 0 Å². The fourth-order valence-electron chi connectivity index (χ4n) is 2.32. The van der Waals surface area contributed by atoms with Crippen LogP contribution in [0.5, 0.6) is 0 Å². The summed E-state index contributed by atoms with van der Waals surface area (Å²) in [6, 6.07) is 16.6. The lowest BCUT2D eigenvalue weighted by molar-refractivity contribution is -0.111. The molecule has 1 N–H and O–H groups in total. The van der Waals surface area contributed by atoms with Crippen LogP contribution in [-0.4, -0.2) is 21.5 Å². The Labute approximate surface area is 145 Å². The summed E-state index contributed by atoms with van der Waals surface area (Å²) in [5, 5.41) is 7.02. The highest BCUT2D eigenvalue weighted by atomic mass is 16.1. The van der Waals surface area contributed by atoms with Gasteiger partial charge in [0.15, 0.2) is 5.78 Å². The maximum Gasteiger partial charge on any atom is 0.248 e. The van der Waals surface area contributed by atoms with Crippen molar-refractivity contribution in [2.24, 2.45) is 0 Å². The van der Waals surface area contributed by atoms with Gasteiger partial charge in [-0.3, -0.25) is 9.59 Å². The molecule has 0 atom stereocenters. The second-order valence-electron chi connectivity index (χ2n) is 5.51. The van der Waals surface area contributed by atoms with E-state index in [1.165, 1.54) is 13.0 Å². The lowest BCUT2D eigenvalue weighted by Crippen LogP contribution is -2.08. The zero-order valence-corrected chi connectivity index (χ0v) is 13.7. The summed E-state index contributed by atoms with van der Waals surface area (Å²) in [5.41, 5.74) is 2.91. The summed E-state index contributed by atoms with van der Waals surface area (Å²) in [7, 11) is 0. The third kappa shape index (κ3) is 4.29. The first-order valence-electron chi connectivity index (χ1n) is 7.82. The van der Waals surface area contributed by atoms with Crippen LogP contribution in [0.3, 0.4) is 0 Å². The molecule has 0 aliphatic carbocycles. The lowest BCUT2D eigenvalue weighted by Gasteiger charge is -2.03. The third-order valence-corrected chi connectivity index (χ3v) is 3.59. The van der Waals surface area contributed by atoms with Gasteiger partial charge < -0.3 is 5.32 Å². The Morgan fingerprint density at radius 3 is 2.64 bits per heavy atom. The molecule has 3 rings (SSSR count). The first-order chi connectivity index (χ1) is 12.1. The van der Waals surface area contributed by atoms with Gasteiger partial charge in [0, 0.05) is 29.1 Å². The van der Waals surface area contributed by atoms with E-state index < -0.39 is 0 Å². The zero-order valence-electron chi connectivity index (χ0n) is 13.7. The van der Waals surface area contributed by atoms with Crippen molar-refractivity contribution in [3.05, 3.63) is 84.2 Å². The molecule has 2 aromatic carbocycles. The summed E-state index contributed by atoms with van der Waals surface area (Å²) >= 11 is 0. The molecule has 3 aromatic rings.